The Morgan fingerprint density at radius 3 is 2.77 bits per heavy atom. The Bertz CT molecular complexity index is 1090. The van der Waals surface area contributed by atoms with Crippen LogP contribution in [0.15, 0.2) is 27.6 Å². The normalized spacial score (nSPS) is 20.2. The number of nitrogens with zero attached hydrogens (tertiary/aromatic N) is 4. The number of hydrogen-bond acceptors (Lipinski definition) is 5. The highest BCUT2D eigenvalue weighted by Crippen LogP contribution is 2.22. The zero-order valence-corrected chi connectivity index (χ0v) is 18.1. The van der Waals surface area contributed by atoms with Gasteiger partial charge in [0.15, 0.2) is 5.58 Å². The summed E-state index contributed by atoms with van der Waals surface area (Å²) >= 11 is 0. The van der Waals surface area contributed by atoms with Gasteiger partial charge in [0.1, 0.15) is 17.9 Å². The minimum absolute atomic E-state index is 0.0780. The molecule has 0 radical (unpaired) electrons. The zero-order chi connectivity index (χ0) is 21.3. The molecule has 1 N–H and O–H groups in total. The summed E-state index contributed by atoms with van der Waals surface area (Å²) in [5.41, 5.74) is 1.66. The highest BCUT2D eigenvalue weighted by Gasteiger charge is 2.23. The molecule has 0 bridgehead atoms. The van der Waals surface area contributed by atoms with Crippen molar-refractivity contribution in [3.8, 4) is 0 Å². The standard InChI is InChI=1S/C22H31N5O3/c1-4-20-24-26(22(29)18-13-19-17(27(18)20)9-12-30-19)14-21(28)23-10-6-11-25-15(2)7-5-8-16(25)3/h9,12-13,15-16H,4-8,10-11,14H2,1-3H3,(H,23,28)/t15-,16+. The summed E-state index contributed by atoms with van der Waals surface area (Å²) in [6.07, 6.45) is 6.93. The highest BCUT2D eigenvalue weighted by molar-refractivity contribution is 5.82. The maximum absolute atomic E-state index is 12.9. The molecule has 1 aliphatic rings. The second-order valence-corrected chi connectivity index (χ2v) is 8.34. The molecule has 30 heavy (non-hydrogen) atoms. The Labute approximate surface area is 175 Å². The van der Waals surface area contributed by atoms with E-state index >= 15 is 0 Å². The van der Waals surface area contributed by atoms with E-state index < -0.39 is 0 Å². The van der Waals surface area contributed by atoms with Gasteiger partial charge in [0.25, 0.3) is 5.56 Å². The molecule has 0 unspecified atom stereocenters. The van der Waals surface area contributed by atoms with Crippen molar-refractivity contribution in [1.29, 1.82) is 0 Å². The topological polar surface area (TPSA) is 84.8 Å². The van der Waals surface area contributed by atoms with Gasteiger partial charge in [-0.1, -0.05) is 13.3 Å². The Morgan fingerprint density at radius 1 is 1.27 bits per heavy atom. The largest absolute Gasteiger partial charge is 0.463 e. The van der Waals surface area contributed by atoms with Crippen molar-refractivity contribution in [2.75, 3.05) is 13.1 Å². The molecule has 4 rings (SSSR count). The first-order valence-corrected chi connectivity index (χ1v) is 11.0. The van der Waals surface area contributed by atoms with Crippen LogP contribution < -0.4 is 10.9 Å². The molecule has 1 aliphatic heterocycles. The molecule has 3 aromatic rings. The lowest BCUT2D eigenvalue weighted by Crippen LogP contribution is -2.45. The molecule has 1 amide bonds. The third-order valence-corrected chi connectivity index (χ3v) is 6.27. The van der Waals surface area contributed by atoms with E-state index in [0.717, 1.165) is 24.3 Å². The molecule has 0 spiro atoms. The minimum Gasteiger partial charge on any atom is -0.463 e. The van der Waals surface area contributed by atoms with Crippen molar-refractivity contribution in [3.63, 3.8) is 0 Å². The van der Waals surface area contributed by atoms with Crippen LogP contribution in [0.4, 0.5) is 0 Å². The van der Waals surface area contributed by atoms with Crippen LogP contribution in [-0.2, 0) is 17.8 Å². The van der Waals surface area contributed by atoms with Crippen LogP contribution in [0.3, 0.4) is 0 Å². The first kappa shape index (κ1) is 20.7. The van der Waals surface area contributed by atoms with E-state index in [-0.39, 0.29) is 18.0 Å². The number of aromatic nitrogens is 3. The highest BCUT2D eigenvalue weighted by atomic mass is 16.3. The van der Waals surface area contributed by atoms with Gasteiger partial charge in [0.05, 0.1) is 11.8 Å². The Balaban J connectivity index is 1.39. The van der Waals surface area contributed by atoms with Gasteiger partial charge < -0.3 is 9.73 Å². The SMILES string of the molecule is CCc1nn(CC(=O)NCCCN2[C@H](C)CCC[C@@H]2C)c(=O)c2cc3occc3n12. The van der Waals surface area contributed by atoms with E-state index in [0.29, 0.717) is 36.1 Å². The van der Waals surface area contributed by atoms with Gasteiger partial charge in [-0.15, -0.1) is 0 Å². The van der Waals surface area contributed by atoms with Crippen molar-refractivity contribution in [3.05, 3.63) is 34.6 Å². The lowest BCUT2D eigenvalue weighted by atomic mass is 9.97. The number of amides is 1. The van der Waals surface area contributed by atoms with Gasteiger partial charge in [-0.05, 0) is 33.1 Å². The molecule has 2 atom stereocenters. The van der Waals surface area contributed by atoms with Crippen LogP contribution in [0.5, 0.6) is 0 Å². The number of hydrogen-bond donors (Lipinski definition) is 1. The molecular weight excluding hydrogens is 382 g/mol. The fourth-order valence-corrected chi connectivity index (χ4v) is 4.66. The first-order chi connectivity index (χ1) is 14.5. The number of piperidine rings is 1. The van der Waals surface area contributed by atoms with E-state index in [1.54, 1.807) is 12.3 Å². The summed E-state index contributed by atoms with van der Waals surface area (Å²) in [7, 11) is 0. The number of furan rings is 1. The van der Waals surface area contributed by atoms with Crippen LogP contribution in [0, 0.1) is 0 Å². The number of rotatable bonds is 7. The summed E-state index contributed by atoms with van der Waals surface area (Å²) < 4.78 is 8.51. The monoisotopic (exact) mass is 413 g/mol. The predicted octanol–water partition coefficient (Wildman–Crippen LogP) is 2.57. The maximum atomic E-state index is 12.9. The second kappa shape index (κ2) is 8.63. The number of aryl methyl sites for hydroxylation is 1. The quantitative estimate of drug-likeness (QED) is 0.602. The fraction of sp³-hybridized carbons (Fsp3) is 0.591. The molecule has 1 saturated heterocycles. The molecule has 8 nitrogen and oxygen atoms in total. The first-order valence-electron chi connectivity index (χ1n) is 11.0. The van der Waals surface area contributed by atoms with Gasteiger partial charge in [-0.2, -0.15) is 5.10 Å². The molecule has 162 valence electrons. The van der Waals surface area contributed by atoms with Gasteiger partial charge in [0.2, 0.25) is 5.91 Å². The summed E-state index contributed by atoms with van der Waals surface area (Å²) in [4.78, 5) is 27.8. The summed E-state index contributed by atoms with van der Waals surface area (Å²) in [6.45, 7) is 8.05. The van der Waals surface area contributed by atoms with Crippen LogP contribution in [0.1, 0.15) is 52.3 Å². The second-order valence-electron chi connectivity index (χ2n) is 8.34. The Morgan fingerprint density at radius 2 is 2.03 bits per heavy atom. The molecule has 8 heteroatoms. The summed E-state index contributed by atoms with van der Waals surface area (Å²) in [5, 5.41) is 7.38. The third-order valence-electron chi connectivity index (χ3n) is 6.27. The zero-order valence-electron chi connectivity index (χ0n) is 18.1. The van der Waals surface area contributed by atoms with Gasteiger partial charge in [0, 0.05) is 43.7 Å². The smallest absolute Gasteiger partial charge is 0.291 e. The average molecular weight is 414 g/mol. The average Bonchev–Trinajstić information content (AvgIpc) is 3.31. The van der Waals surface area contributed by atoms with E-state index in [9.17, 15) is 9.59 Å². The number of likely N-dealkylation sites (tertiary alicyclic amines) is 1. The van der Waals surface area contributed by atoms with Crippen LogP contribution >= 0.6 is 0 Å². The van der Waals surface area contributed by atoms with Crippen molar-refractivity contribution in [1.82, 2.24) is 24.4 Å². The van der Waals surface area contributed by atoms with Crippen LogP contribution in [-0.4, -0.2) is 50.2 Å². The third kappa shape index (κ3) is 3.88. The van der Waals surface area contributed by atoms with E-state index in [2.05, 4.69) is 29.2 Å². The number of nitrogens with one attached hydrogen (secondary N) is 1. The van der Waals surface area contributed by atoms with Crippen LogP contribution in [0.2, 0.25) is 0 Å². The number of carbonyl (C=O) groups is 1. The molecule has 0 aromatic carbocycles. The molecular formula is C22H31N5O3. The van der Waals surface area contributed by atoms with Gasteiger partial charge in [-0.3, -0.25) is 18.9 Å². The summed E-state index contributed by atoms with van der Waals surface area (Å²) in [6, 6.07) is 4.75. The van der Waals surface area contributed by atoms with Crippen molar-refractivity contribution >= 4 is 22.5 Å². The molecule has 1 fully saturated rings. The predicted molar refractivity (Wildman–Crippen MR) is 116 cm³/mol. The Kier molecular flexibility index (Phi) is 5.94. The Hall–Kier alpha value is -2.61. The molecule has 3 aromatic heterocycles. The lowest BCUT2D eigenvalue weighted by Gasteiger charge is -2.39. The van der Waals surface area contributed by atoms with Crippen molar-refractivity contribution < 1.29 is 9.21 Å². The maximum Gasteiger partial charge on any atom is 0.291 e. The van der Waals surface area contributed by atoms with Crippen LogP contribution in [0.25, 0.3) is 16.6 Å². The van der Waals surface area contributed by atoms with Gasteiger partial charge >= 0.3 is 0 Å². The number of carbonyl (C=O) groups excluding carboxylic acids is 1. The fourth-order valence-electron chi connectivity index (χ4n) is 4.66. The van der Waals surface area contributed by atoms with E-state index in [1.807, 2.05) is 17.4 Å². The van der Waals surface area contributed by atoms with E-state index in [4.69, 9.17) is 4.42 Å². The van der Waals surface area contributed by atoms with E-state index in [1.165, 1.54) is 23.9 Å². The lowest BCUT2D eigenvalue weighted by molar-refractivity contribution is -0.121. The molecule has 4 heterocycles. The summed E-state index contributed by atoms with van der Waals surface area (Å²) in [5.74, 6) is 0.535. The van der Waals surface area contributed by atoms with Gasteiger partial charge in [-0.25, -0.2) is 4.68 Å². The molecule has 0 aliphatic carbocycles. The van der Waals surface area contributed by atoms with Crippen molar-refractivity contribution in [2.24, 2.45) is 0 Å². The number of fused-ring (bicyclic) bond motifs is 3. The molecule has 0 saturated carbocycles. The minimum atomic E-state index is -0.287. The van der Waals surface area contributed by atoms with Crippen molar-refractivity contribution in [2.45, 2.75) is 71.5 Å².